The van der Waals surface area contributed by atoms with Gasteiger partial charge in [0.05, 0.1) is 11.2 Å². The van der Waals surface area contributed by atoms with Crippen LogP contribution in [0.1, 0.15) is 31.7 Å². The van der Waals surface area contributed by atoms with E-state index in [1.807, 2.05) is 6.92 Å². The minimum absolute atomic E-state index is 0.157. The molecule has 0 aliphatic carbocycles. The van der Waals surface area contributed by atoms with Gasteiger partial charge in [0, 0.05) is 0 Å². The van der Waals surface area contributed by atoms with Crippen LogP contribution in [0.15, 0.2) is 18.2 Å². The molecule has 1 unspecified atom stereocenters. The number of hydrogen-bond acceptors (Lipinski definition) is 2. The van der Waals surface area contributed by atoms with Crippen molar-refractivity contribution >= 4 is 11.6 Å². The quantitative estimate of drug-likeness (QED) is 0.847. The highest BCUT2D eigenvalue weighted by molar-refractivity contribution is 5.98. The summed E-state index contributed by atoms with van der Waals surface area (Å²) in [5.74, 6) is -0.543. The number of para-hydroxylation sites is 1. The normalized spacial score (nSPS) is 23.7. The molecule has 98 valence electrons. The molecule has 1 atom stereocenters. The Balaban J connectivity index is 2.16. The van der Waals surface area contributed by atoms with Crippen LogP contribution in [0, 0.1) is 12.7 Å². The molecule has 2 N–H and O–H groups in total. The molecule has 3 nitrogen and oxygen atoms in total. The fourth-order valence-electron chi connectivity index (χ4n) is 2.29. The van der Waals surface area contributed by atoms with E-state index in [0.717, 1.165) is 31.4 Å². The van der Waals surface area contributed by atoms with Gasteiger partial charge in [-0.3, -0.25) is 4.79 Å². The van der Waals surface area contributed by atoms with E-state index in [2.05, 4.69) is 10.6 Å². The summed E-state index contributed by atoms with van der Waals surface area (Å²) < 4.78 is 13.7. The first-order valence-electron chi connectivity index (χ1n) is 6.34. The van der Waals surface area contributed by atoms with Crippen molar-refractivity contribution in [1.82, 2.24) is 5.32 Å². The molecule has 18 heavy (non-hydrogen) atoms. The molecule has 0 saturated carbocycles. The van der Waals surface area contributed by atoms with Gasteiger partial charge in [-0.05, 0) is 51.3 Å². The number of benzene rings is 1. The molecule has 1 aliphatic heterocycles. The summed E-state index contributed by atoms with van der Waals surface area (Å²) >= 11 is 0. The first-order chi connectivity index (χ1) is 8.53. The molecule has 4 heteroatoms. The van der Waals surface area contributed by atoms with Gasteiger partial charge in [0.25, 0.3) is 0 Å². The standard InChI is InChI=1S/C14H19FN2O/c1-10-6-5-7-11(15)12(10)17-13(18)14(2)8-3-4-9-16-14/h5-7,16H,3-4,8-9H2,1-2H3,(H,17,18). The van der Waals surface area contributed by atoms with E-state index >= 15 is 0 Å². The molecule has 0 aromatic heterocycles. The fraction of sp³-hybridized carbons (Fsp3) is 0.500. The second-order valence-corrected chi connectivity index (χ2v) is 5.10. The van der Waals surface area contributed by atoms with Crippen LogP contribution in [0.4, 0.5) is 10.1 Å². The number of aryl methyl sites for hydroxylation is 1. The Hall–Kier alpha value is -1.42. The highest BCUT2D eigenvalue weighted by atomic mass is 19.1. The van der Waals surface area contributed by atoms with Crippen molar-refractivity contribution in [2.75, 3.05) is 11.9 Å². The molecule has 0 spiro atoms. The highest BCUT2D eigenvalue weighted by Crippen LogP contribution is 2.24. The second kappa shape index (κ2) is 5.06. The molecule has 1 fully saturated rings. The molecule has 1 aromatic rings. The van der Waals surface area contributed by atoms with Crippen LogP contribution in [-0.2, 0) is 4.79 Å². The number of amides is 1. The predicted octanol–water partition coefficient (Wildman–Crippen LogP) is 2.60. The zero-order chi connectivity index (χ0) is 13.2. The van der Waals surface area contributed by atoms with Gasteiger partial charge in [-0.1, -0.05) is 12.1 Å². The molecule has 1 saturated heterocycles. The highest BCUT2D eigenvalue weighted by Gasteiger charge is 2.34. The zero-order valence-electron chi connectivity index (χ0n) is 10.8. The first kappa shape index (κ1) is 13.0. The van der Waals surface area contributed by atoms with E-state index in [1.165, 1.54) is 6.07 Å². The van der Waals surface area contributed by atoms with Gasteiger partial charge >= 0.3 is 0 Å². The minimum atomic E-state index is -0.590. The van der Waals surface area contributed by atoms with Crippen LogP contribution in [0.25, 0.3) is 0 Å². The van der Waals surface area contributed by atoms with Gasteiger partial charge in [0.15, 0.2) is 0 Å². The molecule has 2 rings (SSSR count). The number of carbonyl (C=O) groups is 1. The van der Waals surface area contributed by atoms with Crippen molar-refractivity contribution in [3.63, 3.8) is 0 Å². The van der Waals surface area contributed by atoms with E-state index in [9.17, 15) is 9.18 Å². The second-order valence-electron chi connectivity index (χ2n) is 5.10. The van der Waals surface area contributed by atoms with Crippen LogP contribution < -0.4 is 10.6 Å². The summed E-state index contributed by atoms with van der Waals surface area (Å²) in [6.07, 6.45) is 2.89. The largest absolute Gasteiger partial charge is 0.322 e. The summed E-state index contributed by atoms with van der Waals surface area (Å²) in [6, 6.07) is 4.79. The number of anilines is 1. The molecule has 0 bridgehead atoms. The third-order valence-electron chi connectivity index (χ3n) is 3.58. The van der Waals surface area contributed by atoms with Crippen molar-refractivity contribution in [2.24, 2.45) is 0 Å². The van der Waals surface area contributed by atoms with E-state index < -0.39 is 5.54 Å². The number of nitrogens with one attached hydrogen (secondary N) is 2. The maximum absolute atomic E-state index is 13.7. The maximum Gasteiger partial charge on any atom is 0.244 e. The molecular weight excluding hydrogens is 231 g/mol. The van der Waals surface area contributed by atoms with E-state index in [0.29, 0.717) is 0 Å². The lowest BCUT2D eigenvalue weighted by Crippen LogP contribution is -2.54. The SMILES string of the molecule is Cc1cccc(F)c1NC(=O)C1(C)CCCCN1. The average molecular weight is 250 g/mol. The smallest absolute Gasteiger partial charge is 0.244 e. The van der Waals surface area contributed by atoms with Crippen LogP contribution in [0.2, 0.25) is 0 Å². The average Bonchev–Trinajstić information content (AvgIpc) is 2.34. The third kappa shape index (κ3) is 2.53. The zero-order valence-corrected chi connectivity index (χ0v) is 10.8. The summed E-state index contributed by atoms with van der Waals surface area (Å²) in [5, 5.41) is 5.93. The monoisotopic (exact) mass is 250 g/mol. The summed E-state index contributed by atoms with van der Waals surface area (Å²) in [5.41, 5.74) is 0.436. The topological polar surface area (TPSA) is 41.1 Å². The molecule has 1 amide bonds. The molecule has 1 aliphatic rings. The Morgan fingerprint density at radius 2 is 2.22 bits per heavy atom. The summed E-state index contributed by atoms with van der Waals surface area (Å²) in [7, 11) is 0. The molecular formula is C14H19FN2O. The molecule has 0 radical (unpaired) electrons. The molecule has 1 aromatic carbocycles. The van der Waals surface area contributed by atoms with Crippen molar-refractivity contribution in [2.45, 2.75) is 38.6 Å². The van der Waals surface area contributed by atoms with E-state index in [4.69, 9.17) is 0 Å². The van der Waals surface area contributed by atoms with Gasteiger partial charge in [0.1, 0.15) is 5.82 Å². The fourth-order valence-corrected chi connectivity index (χ4v) is 2.29. The van der Waals surface area contributed by atoms with Crippen molar-refractivity contribution in [3.8, 4) is 0 Å². The molecule has 1 heterocycles. The number of carbonyl (C=O) groups excluding carboxylic acids is 1. The summed E-state index contributed by atoms with van der Waals surface area (Å²) in [6.45, 7) is 4.49. The van der Waals surface area contributed by atoms with Crippen molar-refractivity contribution in [1.29, 1.82) is 0 Å². The van der Waals surface area contributed by atoms with Crippen LogP contribution in [0.5, 0.6) is 0 Å². The van der Waals surface area contributed by atoms with Gasteiger partial charge in [-0.25, -0.2) is 4.39 Å². The van der Waals surface area contributed by atoms with Crippen molar-refractivity contribution < 1.29 is 9.18 Å². The van der Waals surface area contributed by atoms with Gasteiger partial charge in [0.2, 0.25) is 5.91 Å². The maximum atomic E-state index is 13.7. The Morgan fingerprint density at radius 3 is 2.83 bits per heavy atom. The van der Waals surface area contributed by atoms with E-state index in [1.54, 1.807) is 19.1 Å². The van der Waals surface area contributed by atoms with Gasteiger partial charge < -0.3 is 10.6 Å². The first-order valence-corrected chi connectivity index (χ1v) is 6.34. The number of halogens is 1. The lowest BCUT2D eigenvalue weighted by molar-refractivity contribution is -0.122. The van der Waals surface area contributed by atoms with E-state index in [-0.39, 0.29) is 17.4 Å². The number of hydrogen-bond donors (Lipinski definition) is 2. The Bertz CT molecular complexity index is 433. The van der Waals surface area contributed by atoms with Crippen molar-refractivity contribution in [3.05, 3.63) is 29.6 Å². The van der Waals surface area contributed by atoms with Crippen LogP contribution in [-0.4, -0.2) is 18.0 Å². The van der Waals surface area contributed by atoms with Crippen LogP contribution >= 0.6 is 0 Å². The van der Waals surface area contributed by atoms with Crippen LogP contribution in [0.3, 0.4) is 0 Å². The summed E-state index contributed by atoms with van der Waals surface area (Å²) in [4.78, 5) is 12.3. The Labute approximate surface area is 107 Å². The Kier molecular flexibility index (Phi) is 3.66. The lowest BCUT2D eigenvalue weighted by atomic mass is 9.90. The predicted molar refractivity (Wildman–Crippen MR) is 70.0 cm³/mol. The van der Waals surface area contributed by atoms with Gasteiger partial charge in [-0.15, -0.1) is 0 Å². The number of rotatable bonds is 2. The van der Waals surface area contributed by atoms with Gasteiger partial charge in [-0.2, -0.15) is 0 Å². The number of piperidine rings is 1. The third-order valence-corrected chi connectivity index (χ3v) is 3.58. The lowest BCUT2D eigenvalue weighted by Gasteiger charge is -2.33. The Morgan fingerprint density at radius 1 is 1.44 bits per heavy atom. The minimum Gasteiger partial charge on any atom is -0.322 e.